The van der Waals surface area contributed by atoms with Crippen LogP contribution in [0.1, 0.15) is 56.3 Å². The largest absolute Gasteiger partial charge is 0.493 e. The molecule has 5 heteroatoms. The number of aromatic nitrogens is 2. The molecule has 1 saturated heterocycles. The van der Waals surface area contributed by atoms with Gasteiger partial charge in [-0.3, -0.25) is 4.79 Å². The number of aryl methyl sites for hydroxylation is 1. The van der Waals surface area contributed by atoms with Crippen LogP contribution in [0, 0.1) is 18.8 Å². The Labute approximate surface area is 207 Å². The Morgan fingerprint density at radius 2 is 1.91 bits per heavy atom. The number of nitrogens with zero attached hydrogens (tertiary/aromatic N) is 2. The van der Waals surface area contributed by atoms with Crippen LogP contribution in [0.5, 0.6) is 5.75 Å². The highest BCUT2D eigenvalue weighted by Crippen LogP contribution is 2.36. The summed E-state index contributed by atoms with van der Waals surface area (Å²) >= 11 is 0. The molecule has 1 aromatic heterocycles. The lowest BCUT2D eigenvalue weighted by molar-refractivity contribution is -0.133. The van der Waals surface area contributed by atoms with Gasteiger partial charge in [0.1, 0.15) is 11.6 Å². The summed E-state index contributed by atoms with van der Waals surface area (Å²) in [5.41, 5.74) is 6.77. The fourth-order valence-corrected chi connectivity index (χ4v) is 6.32. The van der Waals surface area contributed by atoms with E-state index in [9.17, 15) is 4.79 Å². The first-order valence-electron chi connectivity index (χ1n) is 13.3. The van der Waals surface area contributed by atoms with E-state index in [4.69, 9.17) is 4.74 Å². The molecular formula is C30H35N3O2. The number of ether oxygens (including phenoxy) is 1. The van der Waals surface area contributed by atoms with E-state index in [0.717, 1.165) is 65.9 Å². The van der Waals surface area contributed by atoms with Gasteiger partial charge in [-0.15, -0.1) is 0 Å². The number of allylic oxidation sites excluding steroid dienone is 1. The molecule has 35 heavy (non-hydrogen) atoms. The number of likely N-dealkylation sites (tertiary alicyclic amines) is 1. The van der Waals surface area contributed by atoms with Crippen LogP contribution >= 0.6 is 0 Å². The van der Waals surface area contributed by atoms with Gasteiger partial charge in [0.2, 0.25) is 5.91 Å². The molecule has 6 rings (SSSR count). The van der Waals surface area contributed by atoms with Gasteiger partial charge in [-0.2, -0.15) is 0 Å². The summed E-state index contributed by atoms with van der Waals surface area (Å²) in [4.78, 5) is 23.2. The fourth-order valence-electron chi connectivity index (χ4n) is 6.32. The third-order valence-corrected chi connectivity index (χ3v) is 8.31. The number of carbonyl (C=O) groups is 1. The number of H-pyrrole nitrogens is 1. The second kappa shape index (κ2) is 9.52. The highest BCUT2D eigenvalue weighted by atomic mass is 16.5. The van der Waals surface area contributed by atoms with Gasteiger partial charge in [-0.25, -0.2) is 4.98 Å². The number of amides is 1. The molecule has 5 nitrogen and oxygen atoms in total. The minimum Gasteiger partial charge on any atom is -0.493 e. The van der Waals surface area contributed by atoms with Crippen LogP contribution in [0.4, 0.5) is 0 Å². The van der Waals surface area contributed by atoms with Gasteiger partial charge in [-0.05, 0) is 79.0 Å². The average molecular weight is 470 g/mol. The zero-order valence-corrected chi connectivity index (χ0v) is 20.7. The van der Waals surface area contributed by atoms with Crippen molar-refractivity contribution < 1.29 is 9.53 Å². The first kappa shape index (κ1) is 22.4. The number of nitrogens with one attached hydrogen (secondary N) is 1. The lowest BCUT2D eigenvalue weighted by Gasteiger charge is -2.41. The van der Waals surface area contributed by atoms with Gasteiger partial charge in [-0.1, -0.05) is 43.0 Å². The molecule has 2 unspecified atom stereocenters. The maximum atomic E-state index is 13.2. The smallest absolute Gasteiger partial charge is 0.226 e. The summed E-state index contributed by atoms with van der Waals surface area (Å²) in [6, 6.07) is 12.8. The van der Waals surface area contributed by atoms with Crippen LogP contribution < -0.4 is 4.74 Å². The van der Waals surface area contributed by atoms with E-state index in [1.165, 1.54) is 48.8 Å². The van der Waals surface area contributed by atoms with Crippen molar-refractivity contribution in [3.63, 3.8) is 0 Å². The molecule has 2 fully saturated rings. The molecule has 0 radical (unpaired) electrons. The maximum Gasteiger partial charge on any atom is 0.226 e. The van der Waals surface area contributed by atoms with Crippen LogP contribution in [0.15, 0.2) is 48.0 Å². The van der Waals surface area contributed by atoms with Crippen molar-refractivity contribution >= 4 is 16.9 Å². The monoisotopic (exact) mass is 469 g/mol. The van der Waals surface area contributed by atoms with Gasteiger partial charge in [0, 0.05) is 25.9 Å². The lowest BCUT2D eigenvalue weighted by Crippen LogP contribution is -2.44. The normalized spacial score (nSPS) is 23.9. The Morgan fingerprint density at radius 1 is 1.09 bits per heavy atom. The number of piperidine rings is 1. The molecule has 1 amide bonds. The highest BCUT2D eigenvalue weighted by molar-refractivity contribution is 5.82. The van der Waals surface area contributed by atoms with Crippen molar-refractivity contribution in [2.45, 2.75) is 58.3 Å². The second-order valence-corrected chi connectivity index (χ2v) is 10.7. The number of hydrogen-bond acceptors (Lipinski definition) is 3. The Bertz CT molecular complexity index is 1270. The van der Waals surface area contributed by atoms with Gasteiger partial charge in [0.25, 0.3) is 0 Å². The Balaban J connectivity index is 1.16. The first-order chi connectivity index (χ1) is 17.1. The number of imidazole rings is 1. The van der Waals surface area contributed by atoms with E-state index in [2.05, 4.69) is 57.3 Å². The molecule has 1 saturated carbocycles. The van der Waals surface area contributed by atoms with E-state index in [1.807, 2.05) is 6.92 Å². The second-order valence-electron chi connectivity index (χ2n) is 10.7. The number of rotatable bonds is 3. The van der Waals surface area contributed by atoms with Crippen molar-refractivity contribution in [1.29, 1.82) is 0 Å². The minimum atomic E-state index is 0.304. The number of benzene rings is 2. The summed E-state index contributed by atoms with van der Waals surface area (Å²) in [7, 11) is 0. The predicted molar refractivity (Wildman–Crippen MR) is 139 cm³/mol. The molecule has 0 bridgehead atoms. The quantitative estimate of drug-likeness (QED) is 0.463. The van der Waals surface area contributed by atoms with Crippen LogP contribution in [-0.4, -0.2) is 40.5 Å². The first-order valence-corrected chi connectivity index (χ1v) is 13.3. The standard InChI is InChI=1S/C30H35N3O2/c1-20-31-27-10-8-24(18-28(27)32-20)23-9-11-29-25(17-23)7-6-21(13-15-35-29)16-30(34)33-14-12-22-4-2-3-5-26(22)19-33/h6,8-11,17-18,22,26H,2-5,7,12-16,19H2,1H3,(H,31,32)/b21-6+. The maximum absolute atomic E-state index is 13.2. The fraction of sp³-hybridized carbons (Fsp3) is 0.467. The lowest BCUT2D eigenvalue weighted by atomic mass is 9.75. The summed E-state index contributed by atoms with van der Waals surface area (Å²) in [5, 5.41) is 0. The highest BCUT2D eigenvalue weighted by Gasteiger charge is 2.33. The molecule has 2 aromatic carbocycles. The molecule has 2 aliphatic heterocycles. The molecule has 1 N–H and O–H groups in total. The molecule has 182 valence electrons. The zero-order chi connectivity index (χ0) is 23.8. The molecule has 3 aromatic rings. The average Bonchev–Trinajstić information content (AvgIpc) is 3.25. The SMILES string of the molecule is Cc1nc2ccc(-c3ccc4c(c3)C/C=C(/CC(=O)N3CCC5CCCCC5C3)CCO4)cc2[nH]1. The molecule has 1 aliphatic carbocycles. The van der Waals surface area contributed by atoms with E-state index in [1.54, 1.807) is 0 Å². The molecule has 3 heterocycles. The van der Waals surface area contributed by atoms with Crippen LogP contribution in [-0.2, 0) is 11.2 Å². The van der Waals surface area contributed by atoms with Crippen molar-refractivity contribution in [3.05, 3.63) is 59.4 Å². The molecular weight excluding hydrogens is 434 g/mol. The van der Waals surface area contributed by atoms with Gasteiger partial charge < -0.3 is 14.6 Å². The van der Waals surface area contributed by atoms with Gasteiger partial charge >= 0.3 is 0 Å². The molecule has 2 atom stereocenters. The van der Waals surface area contributed by atoms with E-state index in [0.29, 0.717) is 18.9 Å². The Hall–Kier alpha value is -3.08. The molecule has 0 spiro atoms. The third-order valence-electron chi connectivity index (χ3n) is 8.31. The van der Waals surface area contributed by atoms with E-state index < -0.39 is 0 Å². The van der Waals surface area contributed by atoms with Gasteiger partial charge in [0.15, 0.2) is 0 Å². The summed E-state index contributed by atoms with van der Waals surface area (Å²) in [5.74, 6) is 3.77. The van der Waals surface area contributed by atoms with Gasteiger partial charge in [0.05, 0.1) is 17.6 Å². The van der Waals surface area contributed by atoms with Crippen LogP contribution in [0.25, 0.3) is 22.2 Å². The van der Waals surface area contributed by atoms with Crippen molar-refractivity contribution in [1.82, 2.24) is 14.9 Å². The number of fused-ring (bicyclic) bond motifs is 3. The van der Waals surface area contributed by atoms with E-state index >= 15 is 0 Å². The molecule has 3 aliphatic rings. The number of hydrogen-bond donors (Lipinski definition) is 1. The zero-order valence-electron chi connectivity index (χ0n) is 20.7. The third kappa shape index (κ3) is 4.73. The topological polar surface area (TPSA) is 58.2 Å². The van der Waals surface area contributed by atoms with Crippen LogP contribution in [0.2, 0.25) is 0 Å². The van der Waals surface area contributed by atoms with E-state index in [-0.39, 0.29) is 0 Å². The minimum absolute atomic E-state index is 0.304. The van der Waals surface area contributed by atoms with Crippen molar-refractivity contribution in [3.8, 4) is 16.9 Å². The van der Waals surface area contributed by atoms with Crippen molar-refractivity contribution in [2.24, 2.45) is 11.8 Å². The Morgan fingerprint density at radius 3 is 2.83 bits per heavy atom. The summed E-state index contributed by atoms with van der Waals surface area (Å²) < 4.78 is 6.14. The van der Waals surface area contributed by atoms with Crippen LogP contribution in [0.3, 0.4) is 0 Å². The predicted octanol–water partition coefficient (Wildman–Crippen LogP) is 6.22. The van der Waals surface area contributed by atoms with Crippen molar-refractivity contribution in [2.75, 3.05) is 19.7 Å². The number of aromatic amines is 1. The number of carbonyl (C=O) groups excluding carboxylic acids is 1. The summed E-state index contributed by atoms with van der Waals surface area (Å²) in [6.07, 6.45) is 11.0. The Kier molecular flexibility index (Phi) is 6.09. The summed E-state index contributed by atoms with van der Waals surface area (Å²) in [6.45, 7) is 4.51.